The van der Waals surface area contributed by atoms with E-state index in [1.54, 1.807) is 6.07 Å². The molecule has 5 N–H and O–H groups in total. The average Bonchev–Trinajstić information content (AvgIpc) is 2.79. The number of phenols is 1. The van der Waals surface area contributed by atoms with Crippen LogP contribution in [0.5, 0.6) is 5.75 Å². The second-order valence-electron chi connectivity index (χ2n) is 8.65. The number of ketones is 1. The zero-order valence-electron chi connectivity index (χ0n) is 18.8. The van der Waals surface area contributed by atoms with E-state index in [1.165, 1.54) is 18.2 Å². The maximum Gasteiger partial charge on any atom is 0.180 e. The minimum absolute atomic E-state index is 0.0281. The van der Waals surface area contributed by atoms with Gasteiger partial charge < -0.3 is 15.5 Å². The maximum absolute atomic E-state index is 14.2. The van der Waals surface area contributed by atoms with E-state index in [0.29, 0.717) is 24.1 Å². The molecule has 1 heterocycles. The Kier molecular flexibility index (Phi) is 6.26. The third kappa shape index (κ3) is 3.92. The molecule has 33 heavy (non-hydrogen) atoms. The number of carbonyl (C=O) groups is 1. The van der Waals surface area contributed by atoms with Crippen LogP contribution in [0.1, 0.15) is 63.5 Å². The molecule has 0 saturated carbocycles. The van der Waals surface area contributed by atoms with Crippen molar-refractivity contribution in [3.05, 3.63) is 59.2 Å². The SMILES string of the molecule is CCCCC1(CCCC)C(=O)C(C2=NS(O)(O)c3cc(O)ccc3N2)=C(O)c2ccccc21. The van der Waals surface area contributed by atoms with Gasteiger partial charge in [0, 0.05) is 11.6 Å². The number of aliphatic hydroxyl groups excluding tert-OH is 1. The molecule has 0 spiro atoms. The minimum Gasteiger partial charge on any atom is -0.508 e. The summed E-state index contributed by atoms with van der Waals surface area (Å²) in [5.41, 5.74) is 0.840. The summed E-state index contributed by atoms with van der Waals surface area (Å²) >= 11 is 0. The fraction of sp³-hybridized carbons (Fsp3) is 0.360. The quantitative estimate of drug-likeness (QED) is 0.298. The van der Waals surface area contributed by atoms with Gasteiger partial charge in [0.1, 0.15) is 22.0 Å². The highest BCUT2D eigenvalue weighted by molar-refractivity contribution is 8.23. The Bertz CT molecular complexity index is 1150. The summed E-state index contributed by atoms with van der Waals surface area (Å²) in [6, 6.07) is 11.5. The van der Waals surface area contributed by atoms with Gasteiger partial charge in [-0.25, -0.2) is 0 Å². The lowest BCUT2D eigenvalue weighted by Gasteiger charge is -2.40. The molecule has 8 heteroatoms. The Labute approximate surface area is 195 Å². The standard InChI is InChI=1S/C25H30N2O5S/c1-3-5-13-25(14-6-4-2)18-10-8-7-9-17(18)22(29)21(23(25)30)24-26-19-12-11-16(28)15-20(19)33(31,32)27-24/h7-12,15,28-29,31-32H,3-6,13-14H2,1-2H3,(H,26,27). The van der Waals surface area contributed by atoms with Gasteiger partial charge in [-0.2, -0.15) is 0 Å². The molecule has 0 bridgehead atoms. The molecule has 4 rings (SSSR count). The number of hydrogen-bond acceptors (Lipinski definition) is 7. The van der Waals surface area contributed by atoms with Crippen molar-refractivity contribution in [2.75, 3.05) is 5.32 Å². The Hall–Kier alpha value is -2.81. The van der Waals surface area contributed by atoms with E-state index in [-0.39, 0.29) is 33.6 Å². The molecule has 2 aromatic carbocycles. The number of aromatic hydroxyl groups is 1. The van der Waals surface area contributed by atoms with Crippen LogP contribution in [-0.4, -0.2) is 30.9 Å². The first-order valence-electron chi connectivity index (χ1n) is 11.3. The summed E-state index contributed by atoms with van der Waals surface area (Å²) in [6.07, 6.45) is 4.79. The lowest BCUT2D eigenvalue weighted by Crippen LogP contribution is -2.44. The molecule has 1 aliphatic heterocycles. The lowest BCUT2D eigenvalue weighted by molar-refractivity contribution is -0.121. The number of nitrogens with zero attached hydrogens (tertiary/aromatic N) is 1. The molecule has 2 aromatic rings. The number of nitrogens with one attached hydrogen (secondary N) is 1. The predicted octanol–water partition coefficient (Wildman–Crippen LogP) is 6.41. The fourth-order valence-electron chi connectivity index (χ4n) is 4.78. The number of anilines is 1. The van der Waals surface area contributed by atoms with Crippen molar-refractivity contribution in [2.45, 2.75) is 62.7 Å². The Morgan fingerprint density at radius 1 is 1.00 bits per heavy atom. The van der Waals surface area contributed by atoms with Crippen molar-refractivity contribution in [1.82, 2.24) is 0 Å². The Morgan fingerprint density at radius 2 is 1.67 bits per heavy atom. The number of aliphatic hydroxyl groups is 1. The van der Waals surface area contributed by atoms with E-state index in [1.807, 2.05) is 18.2 Å². The van der Waals surface area contributed by atoms with Crippen molar-refractivity contribution in [1.29, 1.82) is 0 Å². The molecule has 0 fully saturated rings. The molecular weight excluding hydrogens is 440 g/mol. The molecule has 0 radical (unpaired) electrons. The second kappa shape index (κ2) is 8.85. The van der Waals surface area contributed by atoms with Crippen LogP contribution in [0.2, 0.25) is 0 Å². The summed E-state index contributed by atoms with van der Waals surface area (Å²) in [5, 5.41) is 24.0. The van der Waals surface area contributed by atoms with Crippen LogP contribution < -0.4 is 5.32 Å². The molecule has 0 saturated heterocycles. The van der Waals surface area contributed by atoms with Gasteiger partial charge in [0.25, 0.3) is 0 Å². The van der Waals surface area contributed by atoms with Crippen LogP contribution in [-0.2, 0) is 10.2 Å². The van der Waals surface area contributed by atoms with Crippen LogP contribution in [0, 0.1) is 0 Å². The van der Waals surface area contributed by atoms with Crippen LogP contribution in [0.15, 0.2) is 57.3 Å². The largest absolute Gasteiger partial charge is 0.508 e. The molecule has 0 atom stereocenters. The second-order valence-corrected chi connectivity index (χ2v) is 10.3. The van der Waals surface area contributed by atoms with Crippen molar-refractivity contribution < 1.29 is 24.1 Å². The van der Waals surface area contributed by atoms with E-state index in [9.17, 15) is 24.1 Å². The highest BCUT2D eigenvalue weighted by Crippen LogP contribution is 2.57. The normalized spacial score (nSPS) is 19.3. The topological polar surface area (TPSA) is 122 Å². The Morgan fingerprint density at radius 3 is 2.33 bits per heavy atom. The number of carbonyl (C=O) groups excluding carboxylic acids is 1. The maximum atomic E-state index is 14.2. The van der Waals surface area contributed by atoms with Crippen molar-refractivity contribution in [3.63, 3.8) is 0 Å². The molecule has 176 valence electrons. The first-order valence-corrected chi connectivity index (χ1v) is 12.8. The molecule has 1 aliphatic carbocycles. The summed E-state index contributed by atoms with van der Waals surface area (Å²) in [6.45, 7) is 4.16. The molecule has 0 aromatic heterocycles. The van der Waals surface area contributed by atoms with E-state index in [2.05, 4.69) is 23.6 Å². The lowest BCUT2D eigenvalue weighted by atomic mass is 9.63. The van der Waals surface area contributed by atoms with E-state index in [4.69, 9.17) is 0 Å². The monoisotopic (exact) mass is 470 g/mol. The summed E-state index contributed by atoms with van der Waals surface area (Å²) in [7, 11) is -3.69. The van der Waals surface area contributed by atoms with Gasteiger partial charge in [-0.3, -0.25) is 13.9 Å². The number of rotatable bonds is 7. The minimum atomic E-state index is -3.69. The number of unbranched alkanes of at least 4 members (excludes halogenated alkanes) is 2. The van der Waals surface area contributed by atoms with Crippen molar-refractivity contribution in [2.24, 2.45) is 4.40 Å². The van der Waals surface area contributed by atoms with E-state index in [0.717, 1.165) is 31.2 Å². The summed E-state index contributed by atoms with van der Waals surface area (Å²) < 4.78 is 25.5. The van der Waals surface area contributed by atoms with Gasteiger partial charge >= 0.3 is 0 Å². The Balaban J connectivity index is 1.91. The number of fused-ring (bicyclic) bond motifs is 2. The molecule has 7 nitrogen and oxygen atoms in total. The average molecular weight is 471 g/mol. The van der Waals surface area contributed by atoms with Crippen molar-refractivity contribution in [3.8, 4) is 5.75 Å². The van der Waals surface area contributed by atoms with Gasteiger partial charge in [-0.15, -0.1) is 4.40 Å². The number of hydrogen-bond donors (Lipinski definition) is 5. The predicted molar refractivity (Wildman–Crippen MR) is 132 cm³/mol. The van der Waals surface area contributed by atoms with Gasteiger partial charge in [0.2, 0.25) is 0 Å². The molecule has 0 amide bonds. The molecule has 0 unspecified atom stereocenters. The fourth-order valence-corrected chi connectivity index (χ4v) is 5.97. The number of benzene rings is 2. The van der Waals surface area contributed by atoms with Crippen LogP contribution in [0.3, 0.4) is 0 Å². The number of amidine groups is 1. The summed E-state index contributed by atoms with van der Waals surface area (Å²) in [5.74, 6) is -0.674. The van der Waals surface area contributed by atoms with Crippen molar-refractivity contribution >= 4 is 33.8 Å². The third-order valence-corrected chi connectivity index (χ3v) is 7.84. The number of phenolic OH excluding ortho intramolecular Hbond substituents is 1. The van der Waals surface area contributed by atoms with E-state index < -0.39 is 16.2 Å². The zero-order chi connectivity index (χ0) is 23.8. The smallest absolute Gasteiger partial charge is 0.180 e. The van der Waals surface area contributed by atoms with Gasteiger partial charge in [0.15, 0.2) is 11.6 Å². The van der Waals surface area contributed by atoms with Gasteiger partial charge in [-0.05, 0) is 30.5 Å². The van der Waals surface area contributed by atoms with E-state index >= 15 is 0 Å². The van der Waals surface area contributed by atoms with Gasteiger partial charge in [-0.1, -0.05) is 74.6 Å². The third-order valence-electron chi connectivity index (χ3n) is 6.48. The van der Waals surface area contributed by atoms with Crippen LogP contribution in [0.25, 0.3) is 5.76 Å². The zero-order valence-corrected chi connectivity index (χ0v) is 19.7. The molecular formula is C25H30N2O5S. The molecule has 2 aliphatic rings. The highest BCUT2D eigenvalue weighted by atomic mass is 32.3. The van der Waals surface area contributed by atoms with Crippen LogP contribution >= 0.6 is 10.8 Å². The number of Topliss-reactive ketones (excluding diaryl/α,β-unsaturated/α-hetero) is 1. The summed E-state index contributed by atoms with van der Waals surface area (Å²) in [4.78, 5) is 14.2. The first-order chi connectivity index (χ1) is 15.7. The van der Waals surface area contributed by atoms with Crippen LogP contribution in [0.4, 0.5) is 5.69 Å². The van der Waals surface area contributed by atoms with Gasteiger partial charge in [0.05, 0.1) is 11.1 Å². The first kappa shape index (κ1) is 23.4. The highest BCUT2D eigenvalue weighted by Gasteiger charge is 2.48.